The third-order valence-electron chi connectivity index (χ3n) is 3.02. The molecule has 2 nitrogen and oxygen atoms in total. The normalized spacial score (nSPS) is 11.6. The fraction of sp³-hybridized carbons (Fsp3) is 0.571. The molecule has 1 rings (SSSR count). The van der Waals surface area contributed by atoms with Gasteiger partial charge in [0.25, 0.3) is 0 Å². The van der Waals surface area contributed by atoms with Crippen LogP contribution in [0.2, 0.25) is 0 Å². The van der Waals surface area contributed by atoms with Crippen LogP contribution >= 0.6 is 0 Å². The van der Waals surface area contributed by atoms with E-state index in [1.165, 1.54) is 12.1 Å². The number of benzene rings is 1. The van der Waals surface area contributed by atoms with E-state index in [0.29, 0.717) is 6.54 Å². The second-order valence-electron chi connectivity index (χ2n) is 4.57. The molecule has 1 aromatic carbocycles. The van der Waals surface area contributed by atoms with Crippen LogP contribution in [-0.4, -0.2) is 25.3 Å². The molecule has 0 atom stereocenters. The average Bonchev–Trinajstić information content (AvgIpc) is 2.37. The van der Waals surface area contributed by atoms with Crippen LogP contribution in [0.15, 0.2) is 24.3 Å². The van der Waals surface area contributed by atoms with Gasteiger partial charge in [-0.3, -0.25) is 0 Å². The maximum Gasteiger partial charge on any atom is 0.418 e. The van der Waals surface area contributed by atoms with E-state index in [2.05, 4.69) is 0 Å². The Labute approximate surface area is 111 Å². The molecule has 0 aromatic heterocycles. The van der Waals surface area contributed by atoms with Crippen LogP contribution in [0.1, 0.15) is 31.2 Å². The van der Waals surface area contributed by atoms with E-state index in [0.717, 1.165) is 31.7 Å². The van der Waals surface area contributed by atoms with E-state index < -0.39 is 11.7 Å². The molecule has 5 heteroatoms. The van der Waals surface area contributed by atoms with E-state index in [1.807, 2.05) is 0 Å². The van der Waals surface area contributed by atoms with Crippen LogP contribution in [0, 0.1) is 0 Å². The van der Waals surface area contributed by atoms with Gasteiger partial charge in [-0.05, 0) is 25.0 Å². The smallest absolute Gasteiger partial charge is 0.396 e. The van der Waals surface area contributed by atoms with Gasteiger partial charge < -0.3 is 10.0 Å². The van der Waals surface area contributed by atoms with E-state index in [-0.39, 0.29) is 12.3 Å². The second kappa shape index (κ2) is 7.38. The lowest BCUT2D eigenvalue weighted by Gasteiger charge is -2.23. The van der Waals surface area contributed by atoms with Crippen molar-refractivity contribution < 1.29 is 18.3 Å². The first-order chi connectivity index (χ1) is 8.96. The van der Waals surface area contributed by atoms with Gasteiger partial charge in [0.1, 0.15) is 0 Å². The van der Waals surface area contributed by atoms with Gasteiger partial charge >= 0.3 is 6.18 Å². The van der Waals surface area contributed by atoms with Crippen molar-refractivity contribution >= 4 is 5.69 Å². The van der Waals surface area contributed by atoms with Crippen molar-refractivity contribution in [2.45, 2.75) is 31.9 Å². The highest BCUT2D eigenvalue weighted by atomic mass is 19.4. The molecule has 0 bridgehead atoms. The van der Waals surface area contributed by atoms with Crippen LogP contribution in [0.5, 0.6) is 0 Å². The van der Waals surface area contributed by atoms with E-state index in [9.17, 15) is 13.2 Å². The summed E-state index contributed by atoms with van der Waals surface area (Å²) in [5.41, 5.74) is -0.370. The Bertz CT molecular complexity index is 379. The quantitative estimate of drug-likeness (QED) is 0.767. The zero-order valence-corrected chi connectivity index (χ0v) is 11.1. The summed E-state index contributed by atoms with van der Waals surface area (Å²) in [4.78, 5) is 1.64. The van der Waals surface area contributed by atoms with E-state index in [4.69, 9.17) is 5.11 Å². The zero-order valence-electron chi connectivity index (χ0n) is 11.1. The molecule has 0 aliphatic rings. The minimum atomic E-state index is -4.32. The number of nitrogens with zero attached hydrogens (tertiary/aromatic N) is 1. The van der Waals surface area contributed by atoms with Gasteiger partial charge in [-0.25, -0.2) is 0 Å². The van der Waals surface area contributed by atoms with Crippen LogP contribution in [0.25, 0.3) is 0 Å². The summed E-state index contributed by atoms with van der Waals surface area (Å²) >= 11 is 0. The number of hydrogen-bond donors (Lipinski definition) is 1. The monoisotopic (exact) mass is 275 g/mol. The van der Waals surface area contributed by atoms with Crippen molar-refractivity contribution in [3.63, 3.8) is 0 Å². The Kier molecular flexibility index (Phi) is 6.15. The van der Waals surface area contributed by atoms with Gasteiger partial charge in [-0.1, -0.05) is 25.0 Å². The lowest BCUT2D eigenvalue weighted by atomic mass is 10.1. The highest BCUT2D eigenvalue weighted by Gasteiger charge is 2.33. The molecular weight excluding hydrogens is 255 g/mol. The standard InChI is InChI=1S/C14H20F3NO/c1-18(10-6-2-3-7-11-19)13-9-5-4-8-12(13)14(15,16)17/h4-5,8-9,19H,2-3,6-7,10-11H2,1H3. The number of aliphatic hydroxyl groups excluding tert-OH is 1. The largest absolute Gasteiger partial charge is 0.418 e. The molecule has 0 heterocycles. The third-order valence-corrected chi connectivity index (χ3v) is 3.02. The summed E-state index contributed by atoms with van der Waals surface area (Å²) < 4.78 is 38.5. The van der Waals surface area contributed by atoms with Gasteiger partial charge in [0.15, 0.2) is 0 Å². The molecule has 0 saturated heterocycles. The van der Waals surface area contributed by atoms with Crippen LogP contribution in [-0.2, 0) is 6.18 Å². The number of hydrogen-bond acceptors (Lipinski definition) is 2. The minimum absolute atomic E-state index is 0.173. The Hall–Kier alpha value is -1.23. The van der Waals surface area contributed by atoms with Gasteiger partial charge in [0, 0.05) is 25.9 Å². The molecular formula is C14H20F3NO. The first kappa shape index (κ1) is 15.8. The number of rotatable bonds is 7. The number of unbranched alkanes of at least 4 members (excludes halogenated alkanes) is 3. The predicted octanol–water partition coefficient (Wildman–Crippen LogP) is 3.69. The molecule has 0 aliphatic carbocycles. The molecule has 19 heavy (non-hydrogen) atoms. The Balaban J connectivity index is 2.59. The van der Waals surface area contributed by atoms with Crippen molar-refractivity contribution in [2.24, 2.45) is 0 Å². The highest BCUT2D eigenvalue weighted by Crippen LogP contribution is 2.36. The zero-order chi connectivity index (χ0) is 14.3. The fourth-order valence-electron chi connectivity index (χ4n) is 1.98. The van der Waals surface area contributed by atoms with Crippen LogP contribution in [0.3, 0.4) is 0 Å². The summed E-state index contributed by atoms with van der Waals surface area (Å²) in [5.74, 6) is 0. The SMILES string of the molecule is CN(CCCCCCO)c1ccccc1C(F)(F)F. The predicted molar refractivity (Wildman–Crippen MR) is 70.3 cm³/mol. The van der Waals surface area contributed by atoms with Crippen molar-refractivity contribution in [3.05, 3.63) is 29.8 Å². The third kappa shape index (κ3) is 5.11. The molecule has 0 amide bonds. The lowest BCUT2D eigenvalue weighted by Crippen LogP contribution is -2.22. The molecule has 0 fully saturated rings. The molecule has 0 spiro atoms. The van der Waals surface area contributed by atoms with Crippen molar-refractivity contribution in [1.82, 2.24) is 0 Å². The lowest BCUT2D eigenvalue weighted by molar-refractivity contribution is -0.137. The molecule has 0 aliphatic heterocycles. The van der Waals surface area contributed by atoms with Crippen molar-refractivity contribution in [1.29, 1.82) is 0 Å². The Morgan fingerprint density at radius 1 is 1.05 bits per heavy atom. The maximum atomic E-state index is 12.8. The van der Waals surface area contributed by atoms with Crippen LogP contribution < -0.4 is 4.90 Å². The second-order valence-corrected chi connectivity index (χ2v) is 4.57. The molecule has 0 unspecified atom stereocenters. The van der Waals surface area contributed by atoms with E-state index in [1.54, 1.807) is 18.0 Å². The summed E-state index contributed by atoms with van der Waals surface area (Å²) in [6.45, 7) is 0.755. The number of aliphatic hydroxyl groups is 1. The summed E-state index contributed by atoms with van der Waals surface area (Å²) in [7, 11) is 1.68. The van der Waals surface area contributed by atoms with Gasteiger partial charge in [0.05, 0.1) is 5.56 Å². The number of anilines is 1. The molecule has 1 N–H and O–H groups in total. The Morgan fingerprint density at radius 2 is 1.68 bits per heavy atom. The Morgan fingerprint density at radius 3 is 2.32 bits per heavy atom. The average molecular weight is 275 g/mol. The number of para-hydroxylation sites is 1. The van der Waals surface area contributed by atoms with Crippen LogP contribution in [0.4, 0.5) is 18.9 Å². The highest BCUT2D eigenvalue weighted by molar-refractivity contribution is 5.54. The van der Waals surface area contributed by atoms with Gasteiger partial charge in [0.2, 0.25) is 0 Å². The van der Waals surface area contributed by atoms with Crippen molar-refractivity contribution in [3.8, 4) is 0 Å². The minimum Gasteiger partial charge on any atom is -0.396 e. The number of alkyl halides is 3. The summed E-state index contributed by atoms with van der Waals surface area (Å²) in [6.07, 6.45) is -0.919. The maximum absolute atomic E-state index is 12.8. The number of halogens is 3. The molecule has 0 saturated carbocycles. The fourth-order valence-corrected chi connectivity index (χ4v) is 1.98. The topological polar surface area (TPSA) is 23.5 Å². The molecule has 0 radical (unpaired) electrons. The van der Waals surface area contributed by atoms with Gasteiger partial charge in [-0.2, -0.15) is 13.2 Å². The first-order valence-electron chi connectivity index (χ1n) is 6.45. The van der Waals surface area contributed by atoms with E-state index >= 15 is 0 Å². The van der Waals surface area contributed by atoms with Crippen molar-refractivity contribution in [2.75, 3.05) is 25.1 Å². The summed E-state index contributed by atoms with van der Waals surface area (Å²) in [6, 6.07) is 5.63. The molecule has 1 aromatic rings. The van der Waals surface area contributed by atoms with Gasteiger partial charge in [-0.15, -0.1) is 0 Å². The summed E-state index contributed by atoms with van der Waals surface area (Å²) in [5, 5.41) is 8.64. The first-order valence-corrected chi connectivity index (χ1v) is 6.45. The molecule has 108 valence electrons.